The standard InChI is InChI=1S/C16H13ClN2S2/c17-12-2-1-3-14(8-12)20-10-16-19-15(9-21-16)11-4-6-13(18)7-5-11/h1-9H,10,18H2. The highest BCUT2D eigenvalue weighted by atomic mass is 35.5. The maximum atomic E-state index is 5.99. The number of nitrogens with zero attached hydrogens (tertiary/aromatic N) is 1. The van der Waals surface area contributed by atoms with E-state index in [1.807, 2.05) is 42.5 Å². The molecule has 0 amide bonds. The molecule has 1 aromatic heterocycles. The van der Waals surface area contributed by atoms with Crippen molar-refractivity contribution in [3.8, 4) is 11.3 Å². The molecule has 3 aromatic rings. The molecule has 0 aliphatic heterocycles. The number of halogens is 1. The average molecular weight is 333 g/mol. The van der Waals surface area contributed by atoms with Gasteiger partial charge < -0.3 is 5.73 Å². The minimum absolute atomic E-state index is 0.765. The second kappa shape index (κ2) is 6.52. The Balaban J connectivity index is 1.69. The third kappa shape index (κ3) is 3.79. The third-order valence-electron chi connectivity index (χ3n) is 2.92. The molecule has 0 radical (unpaired) electrons. The number of hydrogen-bond donors (Lipinski definition) is 1. The molecule has 0 aliphatic rings. The fourth-order valence-electron chi connectivity index (χ4n) is 1.87. The number of thiazole rings is 1. The van der Waals surface area contributed by atoms with Gasteiger partial charge in [0.2, 0.25) is 0 Å². The van der Waals surface area contributed by atoms with E-state index in [9.17, 15) is 0 Å². The number of anilines is 1. The van der Waals surface area contributed by atoms with Gasteiger partial charge in [-0.05, 0) is 30.3 Å². The molecular weight excluding hydrogens is 320 g/mol. The Hall–Kier alpha value is -1.49. The first-order valence-electron chi connectivity index (χ1n) is 6.39. The predicted octanol–water partition coefficient (Wildman–Crippen LogP) is 5.34. The van der Waals surface area contributed by atoms with Gasteiger partial charge in [0.25, 0.3) is 0 Å². The van der Waals surface area contributed by atoms with Crippen molar-refractivity contribution in [3.63, 3.8) is 0 Å². The van der Waals surface area contributed by atoms with Crippen LogP contribution < -0.4 is 5.73 Å². The normalized spacial score (nSPS) is 10.7. The summed E-state index contributed by atoms with van der Waals surface area (Å²) in [6.45, 7) is 0. The molecule has 0 bridgehead atoms. The Morgan fingerprint density at radius 1 is 1.14 bits per heavy atom. The minimum atomic E-state index is 0.765. The van der Waals surface area contributed by atoms with Crippen molar-refractivity contribution in [1.29, 1.82) is 0 Å². The van der Waals surface area contributed by atoms with E-state index < -0.39 is 0 Å². The molecule has 5 heteroatoms. The number of nitrogens with two attached hydrogens (primary N) is 1. The average Bonchev–Trinajstić information content (AvgIpc) is 2.95. The fourth-order valence-corrected chi connectivity index (χ4v) is 3.90. The Morgan fingerprint density at radius 3 is 2.71 bits per heavy atom. The number of benzene rings is 2. The summed E-state index contributed by atoms with van der Waals surface area (Å²) in [5, 5.41) is 3.95. The summed E-state index contributed by atoms with van der Waals surface area (Å²) >= 11 is 9.40. The van der Waals surface area contributed by atoms with Crippen molar-refractivity contribution in [1.82, 2.24) is 4.98 Å². The van der Waals surface area contributed by atoms with Crippen LogP contribution in [0.25, 0.3) is 11.3 Å². The number of rotatable bonds is 4. The lowest BCUT2D eigenvalue weighted by molar-refractivity contribution is 1.26. The molecule has 0 aliphatic carbocycles. The molecule has 2 aromatic carbocycles. The maximum Gasteiger partial charge on any atom is 0.104 e. The summed E-state index contributed by atoms with van der Waals surface area (Å²) < 4.78 is 0. The molecule has 1 heterocycles. The van der Waals surface area contributed by atoms with Gasteiger partial charge >= 0.3 is 0 Å². The second-order valence-electron chi connectivity index (χ2n) is 4.49. The number of hydrogen-bond acceptors (Lipinski definition) is 4. The van der Waals surface area contributed by atoms with Crippen LogP contribution in [0, 0.1) is 0 Å². The maximum absolute atomic E-state index is 5.99. The van der Waals surface area contributed by atoms with E-state index in [-0.39, 0.29) is 0 Å². The lowest BCUT2D eigenvalue weighted by Crippen LogP contribution is -1.85. The van der Waals surface area contributed by atoms with Gasteiger partial charge in [0.15, 0.2) is 0 Å². The van der Waals surface area contributed by atoms with Gasteiger partial charge in [-0.15, -0.1) is 23.1 Å². The van der Waals surface area contributed by atoms with Gasteiger partial charge in [-0.2, -0.15) is 0 Å². The molecule has 3 rings (SSSR count). The van der Waals surface area contributed by atoms with E-state index in [1.165, 1.54) is 0 Å². The smallest absolute Gasteiger partial charge is 0.104 e. The largest absolute Gasteiger partial charge is 0.399 e. The highest BCUT2D eigenvalue weighted by Crippen LogP contribution is 2.29. The van der Waals surface area contributed by atoms with Crippen molar-refractivity contribution in [2.45, 2.75) is 10.6 Å². The highest BCUT2D eigenvalue weighted by Gasteiger charge is 2.05. The summed E-state index contributed by atoms with van der Waals surface area (Å²) in [7, 11) is 0. The van der Waals surface area contributed by atoms with Crippen molar-refractivity contribution in [2.24, 2.45) is 0 Å². The number of aromatic nitrogens is 1. The van der Waals surface area contributed by atoms with E-state index in [1.54, 1.807) is 23.1 Å². The zero-order chi connectivity index (χ0) is 14.7. The minimum Gasteiger partial charge on any atom is -0.399 e. The van der Waals surface area contributed by atoms with E-state index in [0.29, 0.717) is 0 Å². The monoisotopic (exact) mass is 332 g/mol. The molecule has 106 valence electrons. The van der Waals surface area contributed by atoms with Gasteiger partial charge in [0, 0.05) is 26.5 Å². The Bertz CT molecular complexity index is 738. The molecule has 0 atom stereocenters. The SMILES string of the molecule is Nc1ccc(-c2csc(CSc3cccc(Cl)c3)n2)cc1. The Morgan fingerprint density at radius 2 is 1.95 bits per heavy atom. The molecule has 21 heavy (non-hydrogen) atoms. The number of thioether (sulfide) groups is 1. The molecule has 0 saturated carbocycles. The molecular formula is C16H13ClN2S2. The van der Waals surface area contributed by atoms with Crippen molar-refractivity contribution in [3.05, 3.63) is 63.9 Å². The van der Waals surface area contributed by atoms with Crippen LogP contribution in [0.4, 0.5) is 5.69 Å². The number of nitrogen functional groups attached to an aromatic ring is 1. The summed E-state index contributed by atoms with van der Waals surface area (Å²) in [4.78, 5) is 5.83. The fraction of sp³-hybridized carbons (Fsp3) is 0.0625. The summed E-state index contributed by atoms with van der Waals surface area (Å²) in [6.07, 6.45) is 0. The van der Waals surface area contributed by atoms with Gasteiger partial charge in [0.05, 0.1) is 11.4 Å². The molecule has 0 unspecified atom stereocenters. The van der Waals surface area contributed by atoms with Gasteiger partial charge in [0.1, 0.15) is 5.01 Å². The summed E-state index contributed by atoms with van der Waals surface area (Å²) in [5.74, 6) is 0.847. The van der Waals surface area contributed by atoms with Crippen LogP contribution in [0.15, 0.2) is 58.8 Å². The van der Waals surface area contributed by atoms with Crippen LogP contribution in [-0.2, 0) is 5.75 Å². The topological polar surface area (TPSA) is 38.9 Å². The summed E-state index contributed by atoms with van der Waals surface area (Å²) in [6, 6.07) is 15.7. The van der Waals surface area contributed by atoms with Crippen LogP contribution in [0.5, 0.6) is 0 Å². The van der Waals surface area contributed by atoms with E-state index in [0.717, 1.165) is 37.6 Å². The Kier molecular flexibility index (Phi) is 4.48. The first-order chi connectivity index (χ1) is 10.2. The molecule has 2 N–H and O–H groups in total. The zero-order valence-corrected chi connectivity index (χ0v) is 13.5. The van der Waals surface area contributed by atoms with Crippen LogP contribution in [0.1, 0.15) is 5.01 Å². The van der Waals surface area contributed by atoms with Crippen LogP contribution in [-0.4, -0.2) is 4.98 Å². The van der Waals surface area contributed by atoms with Crippen molar-refractivity contribution < 1.29 is 0 Å². The quantitative estimate of drug-likeness (QED) is 0.518. The highest BCUT2D eigenvalue weighted by molar-refractivity contribution is 7.98. The van der Waals surface area contributed by atoms with E-state index in [2.05, 4.69) is 16.4 Å². The van der Waals surface area contributed by atoms with Gasteiger partial charge in [-0.3, -0.25) is 0 Å². The molecule has 2 nitrogen and oxygen atoms in total. The van der Waals surface area contributed by atoms with E-state index in [4.69, 9.17) is 17.3 Å². The second-order valence-corrected chi connectivity index (χ2v) is 6.92. The van der Waals surface area contributed by atoms with Gasteiger partial charge in [-0.1, -0.05) is 29.8 Å². The van der Waals surface area contributed by atoms with Crippen LogP contribution in [0.3, 0.4) is 0 Å². The first kappa shape index (κ1) is 14.4. The predicted molar refractivity (Wildman–Crippen MR) is 93.0 cm³/mol. The lowest BCUT2D eigenvalue weighted by Gasteiger charge is -2.00. The third-order valence-corrected chi connectivity index (χ3v) is 5.19. The Labute approximate surface area is 137 Å². The van der Waals surface area contributed by atoms with E-state index >= 15 is 0 Å². The van der Waals surface area contributed by atoms with Gasteiger partial charge in [-0.25, -0.2) is 4.98 Å². The van der Waals surface area contributed by atoms with Crippen LogP contribution in [0.2, 0.25) is 5.02 Å². The van der Waals surface area contributed by atoms with Crippen molar-refractivity contribution in [2.75, 3.05) is 5.73 Å². The summed E-state index contributed by atoms with van der Waals surface area (Å²) in [5.41, 5.74) is 8.57. The molecule has 0 saturated heterocycles. The van der Waals surface area contributed by atoms with Crippen LogP contribution >= 0.6 is 34.7 Å². The van der Waals surface area contributed by atoms with Crippen molar-refractivity contribution >= 4 is 40.4 Å². The molecule has 0 fully saturated rings. The first-order valence-corrected chi connectivity index (χ1v) is 8.64. The lowest BCUT2D eigenvalue weighted by atomic mass is 10.1. The molecule has 0 spiro atoms. The zero-order valence-electron chi connectivity index (χ0n) is 11.1.